The van der Waals surface area contributed by atoms with Crippen LogP contribution in [0.5, 0.6) is 5.88 Å². The maximum Gasteiger partial charge on any atom is 0.309 e. The molecule has 9 nitrogen and oxygen atoms in total. The second-order valence-electron chi connectivity index (χ2n) is 8.09. The van der Waals surface area contributed by atoms with Gasteiger partial charge >= 0.3 is 5.97 Å². The molecule has 1 unspecified atom stereocenters. The van der Waals surface area contributed by atoms with E-state index in [-0.39, 0.29) is 28.6 Å². The van der Waals surface area contributed by atoms with Gasteiger partial charge in [0.25, 0.3) is 0 Å². The number of hydrogen-bond donors (Lipinski definition) is 1. The van der Waals surface area contributed by atoms with Crippen LogP contribution < -0.4 is 20.8 Å². The summed E-state index contributed by atoms with van der Waals surface area (Å²) in [7, 11) is 1.47. The highest BCUT2D eigenvalue weighted by Gasteiger charge is 2.33. The van der Waals surface area contributed by atoms with Gasteiger partial charge in [0, 0.05) is 37.4 Å². The first-order chi connectivity index (χ1) is 15.4. The van der Waals surface area contributed by atoms with Crippen molar-refractivity contribution in [3.8, 4) is 5.88 Å². The minimum absolute atomic E-state index is 0.0194. The lowest BCUT2D eigenvalue weighted by Gasteiger charge is -2.20. The number of halogens is 1. The van der Waals surface area contributed by atoms with E-state index >= 15 is 4.39 Å². The predicted octanol–water partition coefficient (Wildman–Crippen LogP) is 2.41. The summed E-state index contributed by atoms with van der Waals surface area (Å²) in [6.45, 7) is 2.53. The normalized spacial score (nSPS) is 19.9. The van der Waals surface area contributed by atoms with Crippen LogP contribution in [0.15, 0.2) is 22.1 Å². The van der Waals surface area contributed by atoms with Crippen LogP contribution in [-0.2, 0) is 9.63 Å². The van der Waals surface area contributed by atoms with Crippen LogP contribution in [0, 0.1) is 11.7 Å². The molecule has 0 amide bonds. The average molecular weight is 460 g/mol. The zero-order valence-electron chi connectivity index (χ0n) is 17.6. The highest BCUT2D eigenvalue weighted by molar-refractivity contribution is 7.13. The van der Waals surface area contributed by atoms with Gasteiger partial charge in [-0.3, -0.25) is 9.59 Å². The minimum Gasteiger partial charge on any atom is -0.406 e. The summed E-state index contributed by atoms with van der Waals surface area (Å²) in [6.07, 6.45) is 1.90. The van der Waals surface area contributed by atoms with E-state index in [1.807, 2.05) is 9.47 Å². The van der Waals surface area contributed by atoms with Crippen LogP contribution in [0.25, 0.3) is 21.1 Å². The Kier molecular flexibility index (Phi) is 5.09. The number of aromatic nitrogens is 2. The summed E-state index contributed by atoms with van der Waals surface area (Å²) in [5, 5.41) is 4.50. The number of nitrogens with zero attached hydrogens (tertiary/aromatic N) is 4. The van der Waals surface area contributed by atoms with E-state index < -0.39 is 17.2 Å². The molecule has 2 N–H and O–H groups in total. The van der Waals surface area contributed by atoms with Gasteiger partial charge in [0.05, 0.1) is 23.5 Å². The van der Waals surface area contributed by atoms with Gasteiger partial charge < -0.3 is 24.8 Å². The lowest BCUT2D eigenvalue weighted by atomic mass is 10.1. The summed E-state index contributed by atoms with van der Waals surface area (Å²) < 4.78 is 26.7. The third-order valence-electron chi connectivity index (χ3n) is 5.91. The first-order valence-electron chi connectivity index (χ1n) is 10.3. The van der Waals surface area contributed by atoms with E-state index in [1.165, 1.54) is 20.1 Å². The van der Waals surface area contributed by atoms with Gasteiger partial charge in [0.2, 0.25) is 11.3 Å². The second kappa shape index (κ2) is 7.82. The van der Waals surface area contributed by atoms with Crippen LogP contribution in [0.2, 0.25) is 0 Å². The number of rotatable bonds is 5. The predicted molar refractivity (Wildman–Crippen MR) is 120 cm³/mol. The zero-order chi connectivity index (χ0) is 22.6. The van der Waals surface area contributed by atoms with E-state index in [9.17, 15) is 9.59 Å². The summed E-state index contributed by atoms with van der Waals surface area (Å²) in [5.41, 5.74) is 7.26. The third-order valence-corrected chi connectivity index (χ3v) is 6.74. The number of carbonyl (C=O) groups excluding carboxylic acids is 1. The first-order valence-corrected chi connectivity index (χ1v) is 11.1. The molecule has 1 aliphatic carbocycles. The van der Waals surface area contributed by atoms with Gasteiger partial charge in [0.1, 0.15) is 23.1 Å². The van der Waals surface area contributed by atoms with Crippen molar-refractivity contribution in [3.05, 3.63) is 28.2 Å². The van der Waals surface area contributed by atoms with Crippen molar-refractivity contribution < 1.29 is 18.8 Å². The molecule has 0 radical (unpaired) electrons. The standard InChI is InChI=1S/C21H22FN5O4S/c1-10(28)31-20-18-19(29)13-5-14(22)17(26-8-11(7-23)15(9-26)24-30-2)6-16(13)27(12-3-4-12)21(18)32-25-20/h5-6,11-12H,3-4,7-9,23H2,1-2H3/b24-15-. The van der Waals surface area contributed by atoms with E-state index in [2.05, 4.69) is 9.53 Å². The minimum atomic E-state index is -0.562. The number of hydrogen-bond acceptors (Lipinski definition) is 9. The smallest absolute Gasteiger partial charge is 0.309 e. The molecule has 2 aromatic heterocycles. The van der Waals surface area contributed by atoms with Gasteiger partial charge in [-0.25, -0.2) is 4.39 Å². The van der Waals surface area contributed by atoms with Crippen molar-refractivity contribution in [2.45, 2.75) is 25.8 Å². The SMILES string of the molecule is CO/N=C1/CN(c2cc3c(cc2F)c(=O)c2c(OC(C)=O)nsc2n3C2CC2)CC1CN. The Morgan fingerprint density at radius 2 is 2.19 bits per heavy atom. The van der Waals surface area contributed by atoms with Crippen LogP contribution in [-0.4, -0.2) is 47.4 Å². The Balaban J connectivity index is 1.71. The monoisotopic (exact) mass is 459 g/mol. The topological polar surface area (TPSA) is 112 Å². The molecule has 0 spiro atoms. The van der Waals surface area contributed by atoms with Crippen molar-refractivity contribution in [3.63, 3.8) is 0 Å². The molecule has 1 saturated heterocycles. The van der Waals surface area contributed by atoms with Crippen LogP contribution in [0.1, 0.15) is 25.8 Å². The quantitative estimate of drug-likeness (QED) is 0.461. The summed E-state index contributed by atoms with van der Waals surface area (Å²) in [6, 6.07) is 3.17. The van der Waals surface area contributed by atoms with Gasteiger partial charge in [-0.1, -0.05) is 5.16 Å². The molecule has 1 aromatic carbocycles. The molecule has 3 aromatic rings. The number of fused-ring (bicyclic) bond motifs is 2. The fourth-order valence-electron chi connectivity index (χ4n) is 4.32. The van der Waals surface area contributed by atoms with E-state index in [4.69, 9.17) is 15.3 Å². The molecule has 5 rings (SSSR count). The molecule has 1 atom stereocenters. The van der Waals surface area contributed by atoms with Crippen molar-refractivity contribution in [1.82, 2.24) is 8.94 Å². The van der Waals surface area contributed by atoms with Crippen molar-refractivity contribution in [2.24, 2.45) is 16.8 Å². The molecule has 168 valence electrons. The van der Waals surface area contributed by atoms with Crippen molar-refractivity contribution >= 4 is 50.0 Å². The molecule has 2 fully saturated rings. The summed E-state index contributed by atoms with van der Waals surface area (Å²) in [4.78, 5) is 32.2. The van der Waals surface area contributed by atoms with Gasteiger partial charge in [-0.05, 0) is 36.5 Å². The molecular formula is C21H22FN5O4S. The number of ether oxygens (including phenoxy) is 1. The van der Waals surface area contributed by atoms with Gasteiger partial charge in [-0.15, -0.1) is 0 Å². The zero-order valence-corrected chi connectivity index (χ0v) is 18.4. The molecule has 2 aliphatic rings. The van der Waals surface area contributed by atoms with Crippen LogP contribution in [0.4, 0.5) is 10.1 Å². The van der Waals surface area contributed by atoms with E-state index in [0.717, 1.165) is 30.1 Å². The lowest BCUT2D eigenvalue weighted by molar-refractivity contribution is -0.132. The largest absolute Gasteiger partial charge is 0.406 e. The van der Waals surface area contributed by atoms with Crippen LogP contribution >= 0.6 is 11.5 Å². The molecule has 11 heteroatoms. The fourth-order valence-corrected chi connectivity index (χ4v) is 5.23. The molecule has 1 saturated carbocycles. The van der Waals surface area contributed by atoms with Crippen molar-refractivity contribution in [2.75, 3.05) is 31.6 Å². The van der Waals surface area contributed by atoms with Crippen molar-refractivity contribution in [1.29, 1.82) is 0 Å². The maximum atomic E-state index is 15.3. The first kappa shape index (κ1) is 20.8. The molecule has 32 heavy (non-hydrogen) atoms. The Labute approximate surface area is 186 Å². The van der Waals surface area contributed by atoms with E-state index in [0.29, 0.717) is 35.7 Å². The number of oxime groups is 1. The average Bonchev–Trinajstić information content (AvgIpc) is 3.38. The van der Waals surface area contributed by atoms with Gasteiger partial charge in [-0.2, -0.15) is 4.37 Å². The van der Waals surface area contributed by atoms with Crippen LogP contribution in [0.3, 0.4) is 0 Å². The Morgan fingerprint density at radius 3 is 2.84 bits per heavy atom. The molecule has 3 heterocycles. The van der Waals surface area contributed by atoms with Gasteiger partial charge in [0.15, 0.2) is 0 Å². The molecular weight excluding hydrogens is 437 g/mol. The number of carbonyl (C=O) groups is 1. The maximum absolute atomic E-state index is 15.3. The number of pyridine rings is 1. The number of esters is 1. The Hall–Kier alpha value is -3.05. The third kappa shape index (κ3) is 3.32. The molecule has 1 aliphatic heterocycles. The number of nitrogens with two attached hydrogens (primary N) is 1. The molecule has 0 bridgehead atoms. The second-order valence-corrected chi connectivity index (χ2v) is 8.84. The summed E-state index contributed by atoms with van der Waals surface area (Å²) >= 11 is 1.11. The van der Waals surface area contributed by atoms with E-state index in [1.54, 1.807) is 6.07 Å². The Bertz CT molecular complexity index is 1330. The lowest BCUT2D eigenvalue weighted by Crippen LogP contribution is -2.24. The highest BCUT2D eigenvalue weighted by Crippen LogP contribution is 2.43. The number of benzene rings is 1. The number of anilines is 1. The Morgan fingerprint density at radius 1 is 1.41 bits per heavy atom. The fraction of sp³-hybridized carbons (Fsp3) is 0.429. The summed E-state index contributed by atoms with van der Waals surface area (Å²) in [5.74, 6) is -1.13. The highest BCUT2D eigenvalue weighted by atomic mass is 32.1.